The molecule has 0 unspecified atom stereocenters. The first kappa shape index (κ1) is 14.3. The van der Waals surface area contributed by atoms with Gasteiger partial charge in [-0.1, -0.05) is 0 Å². The molecule has 0 saturated carbocycles. The Labute approximate surface area is 144 Å². The van der Waals surface area contributed by atoms with Gasteiger partial charge in [0.2, 0.25) is 0 Å². The van der Waals surface area contributed by atoms with Crippen LogP contribution in [0.15, 0.2) is 37.1 Å². The molecule has 0 aromatic carbocycles. The summed E-state index contributed by atoms with van der Waals surface area (Å²) in [5.41, 5.74) is 1.84. The van der Waals surface area contributed by atoms with Crippen LogP contribution in [0.2, 0.25) is 0 Å². The molecule has 5 heterocycles. The molecule has 0 bridgehead atoms. The summed E-state index contributed by atoms with van der Waals surface area (Å²) in [4.78, 5) is 15.5. The number of hydrogen-bond acceptors (Lipinski definition) is 7. The van der Waals surface area contributed by atoms with Crippen LogP contribution in [0, 0.1) is 0 Å². The van der Waals surface area contributed by atoms with Crippen molar-refractivity contribution >= 4 is 23.0 Å². The van der Waals surface area contributed by atoms with E-state index in [1.54, 1.807) is 12.5 Å². The zero-order valence-corrected chi connectivity index (χ0v) is 13.7. The Bertz CT molecular complexity index is 909. The number of nitrogens with one attached hydrogen (secondary N) is 2. The van der Waals surface area contributed by atoms with Crippen molar-refractivity contribution in [3.63, 3.8) is 0 Å². The molecule has 25 heavy (non-hydrogen) atoms. The molecule has 2 aliphatic rings. The molecule has 0 amide bonds. The predicted octanol–water partition coefficient (Wildman–Crippen LogP) is 1.97. The zero-order chi connectivity index (χ0) is 16.6. The summed E-state index contributed by atoms with van der Waals surface area (Å²) in [7, 11) is 0. The number of rotatable bonds is 4. The van der Waals surface area contributed by atoms with Crippen LogP contribution in [-0.2, 0) is 0 Å². The van der Waals surface area contributed by atoms with Gasteiger partial charge in [-0.2, -0.15) is 0 Å². The Hall–Kier alpha value is -3.03. The molecule has 0 spiro atoms. The minimum atomic E-state index is 0.289. The summed E-state index contributed by atoms with van der Waals surface area (Å²) in [6.07, 6.45) is 9.52. The van der Waals surface area contributed by atoms with Gasteiger partial charge in [-0.3, -0.25) is 0 Å². The first-order valence-corrected chi connectivity index (χ1v) is 8.54. The molecule has 0 radical (unpaired) electrons. The van der Waals surface area contributed by atoms with E-state index in [0.717, 1.165) is 48.1 Å². The maximum Gasteiger partial charge on any atom is 0.179 e. The smallest absolute Gasteiger partial charge is 0.179 e. The molecule has 8 heteroatoms. The number of nitrogens with zero attached hydrogens (tertiary/aromatic N) is 5. The lowest BCUT2D eigenvalue weighted by molar-refractivity contribution is 0.290. The van der Waals surface area contributed by atoms with Crippen LogP contribution in [-0.4, -0.2) is 45.2 Å². The largest absolute Gasteiger partial charge is 0.488 e. The molecule has 5 rings (SSSR count). The molecule has 1 saturated heterocycles. The van der Waals surface area contributed by atoms with E-state index in [4.69, 9.17) is 4.74 Å². The number of imidazole rings is 1. The van der Waals surface area contributed by atoms with Gasteiger partial charge in [0.25, 0.3) is 0 Å². The number of pyridine rings is 1. The number of ether oxygens (including phenoxy) is 1. The molecule has 1 atom stereocenters. The normalized spacial score (nSPS) is 18.9. The van der Waals surface area contributed by atoms with E-state index in [2.05, 4.69) is 30.5 Å². The average molecular weight is 337 g/mol. The van der Waals surface area contributed by atoms with Crippen molar-refractivity contribution in [1.29, 1.82) is 0 Å². The second kappa shape index (κ2) is 5.80. The van der Waals surface area contributed by atoms with Crippen LogP contribution in [0.4, 0.5) is 17.3 Å². The third-order valence-corrected chi connectivity index (χ3v) is 4.81. The molecule has 2 aliphatic heterocycles. The molecule has 2 N–H and O–H groups in total. The Morgan fingerprint density at radius 3 is 3.20 bits per heavy atom. The molecule has 8 nitrogen and oxygen atoms in total. The zero-order valence-electron chi connectivity index (χ0n) is 13.7. The Morgan fingerprint density at radius 2 is 2.20 bits per heavy atom. The molecular weight excluding hydrogens is 318 g/mol. The van der Waals surface area contributed by atoms with Gasteiger partial charge in [0.15, 0.2) is 23.0 Å². The van der Waals surface area contributed by atoms with Crippen molar-refractivity contribution in [3.05, 3.63) is 37.1 Å². The Balaban J connectivity index is 1.37. The van der Waals surface area contributed by atoms with Gasteiger partial charge in [0, 0.05) is 25.1 Å². The highest BCUT2D eigenvalue weighted by atomic mass is 16.5. The monoisotopic (exact) mass is 337 g/mol. The van der Waals surface area contributed by atoms with Gasteiger partial charge in [-0.15, -0.1) is 0 Å². The van der Waals surface area contributed by atoms with Crippen LogP contribution in [0.25, 0.3) is 5.65 Å². The van der Waals surface area contributed by atoms with Crippen molar-refractivity contribution in [2.45, 2.75) is 18.9 Å². The summed E-state index contributed by atoms with van der Waals surface area (Å²) in [5, 5.41) is 6.55. The molecule has 3 aromatic heterocycles. The van der Waals surface area contributed by atoms with E-state index in [1.165, 1.54) is 0 Å². The van der Waals surface area contributed by atoms with Crippen molar-refractivity contribution in [2.75, 3.05) is 35.4 Å². The first-order valence-electron chi connectivity index (χ1n) is 8.54. The summed E-state index contributed by atoms with van der Waals surface area (Å²) in [6.45, 7) is 2.28. The van der Waals surface area contributed by atoms with Gasteiger partial charge < -0.3 is 24.7 Å². The number of aromatic nitrogens is 4. The second-order valence-corrected chi connectivity index (χ2v) is 6.28. The third-order valence-electron chi connectivity index (χ3n) is 4.81. The Morgan fingerprint density at radius 1 is 1.20 bits per heavy atom. The summed E-state index contributed by atoms with van der Waals surface area (Å²) >= 11 is 0. The highest BCUT2D eigenvalue weighted by molar-refractivity contribution is 5.81. The van der Waals surface area contributed by atoms with E-state index in [1.807, 2.05) is 28.9 Å². The van der Waals surface area contributed by atoms with Gasteiger partial charge in [-0.05, 0) is 25.0 Å². The minimum absolute atomic E-state index is 0.289. The van der Waals surface area contributed by atoms with Gasteiger partial charge in [0.05, 0.1) is 12.7 Å². The summed E-state index contributed by atoms with van der Waals surface area (Å²) < 4.78 is 8.10. The maximum absolute atomic E-state index is 6.13. The fourth-order valence-corrected chi connectivity index (χ4v) is 3.62. The van der Waals surface area contributed by atoms with Crippen molar-refractivity contribution in [3.8, 4) is 5.75 Å². The third kappa shape index (κ3) is 2.41. The summed E-state index contributed by atoms with van der Waals surface area (Å²) in [5.74, 6) is 2.64. The van der Waals surface area contributed by atoms with Crippen molar-refractivity contribution in [2.24, 2.45) is 0 Å². The van der Waals surface area contributed by atoms with Gasteiger partial charge in [-0.25, -0.2) is 15.0 Å². The standard InChI is InChI=1S/C17H19N7O/c1-3-12(9-25-13-4-2-6-23-8-5-18-16(13)23)24(7-1)17-14-15(20-10-19-14)21-11-22-17/h2,4-6,8,11-12,19H,1,3,7,9-10H2,(H,20,21,22)/t12-/m1/s1. The lowest BCUT2D eigenvalue weighted by atomic mass is 10.2. The molecular formula is C17H19N7O. The van der Waals surface area contributed by atoms with Crippen LogP contribution >= 0.6 is 0 Å². The highest BCUT2D eigenvalue weighted by Gasteiger charge is 2.30. The van der Waals surface area contributed by atoms with Crippen LogP contribution < -0.4 is 20.3 Å². The Kier molecular flexibility index (Phi) is 3.32. The van der Waals surface area contributed by atoms with Crippen LogP contribution in [0.5, 0.6) is 5.75 Å². The highest BCUT2D eigenvalue weighted by Crippen LogP contribution is 2.36. The van der Waals surface area contributed by atoms with Gasteiger partial charge >= 0.3 is 0 Å². The predicted molar refractivity (Wildman–Crippen MR) is 95.2 cm³/mol. The average Bonchev–Trinajstić information content (AvgIpc) is 3.38. The van der Waals surface area contributed by atoms with E-state index in [-0.39, 0.29) is 6.04 Å². The van der Waals surface area contributed by atoms with E-state index in [9.17, 15) is 0 Å². The molecule has 0 aliphatic carbocycles. The fraction of sp³-hybridized carbons (Fsp3) is 0.353. The van der Waals surface area contributed by atoms with Gasteiger partial charge in [0.1, 0.15) is 18.6 Å². The van der Waals surface area contributed by atoms with Crippen LogP contribution in [0.1, 0.15) is 12.8 Å². The quantitative estimate of drug-likeness (QED) is 0.753. The fourth-order valence-electron chi connectivity index (χ4n) is 3.62. The van der Waals surface area contributed by atoms with Crippen molar-refractivity contribution in [1.82, 2.24) is 19.4 Å². The number of hydrogen-bond donors (Lipinski definition) is 2. The second-order valence-electron chi connectivity index (χ2n) is 6.28. The summed E-state index contributed by atoms with van der Waals surface area (Å²) in [6, 6.07) is 4.23. The molecule has 3 aromatic rings. The van der Waals surface area contributed by atoms with Crippen LogP contribution in [0.3, 0.4) is 0 Å². The van der Waals surface area contributed by atoms with E-state index < -0.39 is 0 Å². The first-order chi connectivity index (χ1) is 12.4. The number of fused-ring (bicyclic) bond motifs is 2. The maximum atomic E-state index is 6.13. The lowest BCUT2D eigenvalue weighted by Crippen LogP contribution is -2.35. The molecule has 1 fully saturated rings. The number of anilines is 3. The van der Waals surface area contributed by atoms with E-state index >= 15 is 0 Å². The molecule has 128 valence electrons. The minimum Gasteiger partial charge on any atom is -0.488 e. The lowest BCUT2D eigenvalue weighted by Gasteiger charge is -2.27. The van der Waals surface area contributed by atoms with E-state index in [0.29, 0.717) is 13.3 Å². The topological polar surface area (TPSA) is 79.6 Å². The van der Waals surface area contributed by atoms with Crippen molar-refractivity contribution < 1.29 is 4.74 Å². The SMILES string of the molecule is c1cc(OC[C@H]2CCCN2c2ncnc3c2NCN3)c2nccn2c1.